The first-order chi connectivity index (χ1) is 7.54. The van der Waals surface area contributed by atoms with Gasteiger partial charge >= 0.3 is 0 Å². The van der Waals surface area contributed by atoms with Crippen molar-refractivity contribution in [3.63, 3.8) is 0 Å². The summed E-state index contributed by atoms with van der Waals surface area (Å²) in [6, 6.07) is 0. The fourth-order valence-corrected chi connectivity index (χ4v) is 1.70. The quantitative estimate of drug-likeness (QED) is 0.617. The van der Waals surface area contributed by atoms with Crippen LogP contribution in [0.5, 0.6) is 0 Å². The molecule has 0 aromatic rings. The summed E-state index contributed by atoms with van der Waals surface area (Å²) < 4.78 is 0. The van der Waals surface area contributed by atoms with Crippen molar-refractivity contribution < 1.29 is 9.59 Å². The molecule has 2 amide bonds. The number of carbonyl (C=O) groups excluding carboxylic acids is 2. The third kappa shape index (κ3) is 3.46. The highest BCUT2D eigenvalue weighted by molar-refractivity contribution is 5.80. The van der Waals surface area contributed by atoms with Crippen LogP contribution in [0.1, 0.15) is 0 Å². The van der Waals surface area contributed by atoms with Crippen molar-refractivity contribution in [1.29, 1.82) is 0 Å². The Labute approximate surface area is 96.0 Å². The van der Waals surface area contributed by atoms with Crippen molar-refractivity contribution in [3.05, 3.63) is 0 Å². The molecule has 1 saturated heterocycles. The van der Waals surface area contributed by atoms with E-state index in [1.807, 2.05) is 19.0 Å². The number of piperazine rings is 1. The topological polar surface area (TPSA) is 69.9 Å². The van der Waals surface area contributed by atoms with Crippen molar-refractivity contribution in [3.8, 4) is 0 Å². The van der Waals surface area contributed by atoms with Gasteiger partial charge in [0.1, 0.15) is 0 Å². The van der Waals surface area contributed by atoms with E-state index in [1.54, 1.807) is 9.80 Å². The summed E-state index contributed by atoms with van der Waals surface area (Å²) in [6.07, 6.45) is 0. The highest BCUT2D eigenvalue weighted by Gasteiger charge is 2.23. The molecule has 0 aromatic carbocycles. The van der Waals surface area contributed by atoms with Gasteiger partial charge in [0.15, 0.2) is 0 Å². The standard InChI is InChI=1S/C10H20N4O2/c1-12(2)8-10(16)14-5-3-13(4-6-14)9(15)7-11/h3-8,11H2,1-2H3. The van der Waals surface area contributed by atoms with E-state index in [2.05, 4.69) is 0 Å². The molecule has 0 radical (unpaired) electrons. The lowest BCUT2D eigenvalue weighted by Crippen LogP contribution is -2.53. The van der Waals surface area contributed by atoms with Crippen LogP contribution in [-0.2, 0) is 9.59 Å². The molecular formula is C10H20N4O2. The van der Waals surface area contributed by atoms with Crippen LogP contribution in [0.15, 0.2) is 0 Å². The van der Waals surface area contributed by atoms with Gasteiger partial charge in [-0.15, -0.1) is 0 Å². The molecule has 0 aromatic heterocycles. The number of rotatable bonds is 3. The van der Waals surface area contributed by atoms with Crippen LogP contribution in [0, 0.1) is 0 Å². The molecular weight excluding hydrogens is 208 g/mol. The maximum atomic E-state index is 11.7. The lowest BCUT2D eigenvalue weighted by Gasteiger charge is -2.35. The van der Waals surface area contributed by atoms with Gasteiger partial charge in [-0.2, -0.15) is 0 Å². The van der Waals surface area contributed by atoms with Crippen molar-refractivity contribution in [2.75, 3.05) is 53.4 Å². The first-order valence-corrected chi connectivity index (χ1v) is 5.45. The number of hydrogen-bond donors (Lipinski definition) is 1. The molecule has 1 rings (SSSR count). The van der Waals surface area contributed by atoms with Crippen LogP contribution < -0.4 is 5.73 Å². The van der Waals surface area contributed by atoms with E-state index in [4.69, 9.17) is 5.73 Å². The van der Waals surface area contributed by atoms with Crippen molar-refractivity contribution in [2.45, 2.75) is 0 Å². The number of likely N-dealkylation sites (N-methyl/N-ethyl adjacent to an activating group) is 1. The predicted molar refractivity (Wildman–Crippen MR) is 60.8 cm³/mol. The molecule has 0 saturated carbocycles. The average molecular weight is 228 g/mol. The summed E-state index contributed by atoms with van der Waals surface area (Å²) in [5, 5.41) is 0. The van der Waals surface area contributed by atoms with Gasteiger partial charge in [-0.3, -0.25) is 9.59 Å². The first kappa shape index (κ1) is 12.9. The molecule has 2 N–H and O–H groups in total. The van der Waals surface area contributed by atoms with Gasteiger partial charge in [0.25, 0.3) is 0 Å². The molecule has 16 heavy (non-hydrogen) atoms. The van der Waals surface area contributed by atoms with Crippen LogP contribution in [0.4, 0.5) is 0 Å². The van der Waals surface area contributed by atoms with E-state index < -0.39 is 0 Å². The van der Waals surface area contributed by atoms with Gasteiger partial charge in [0.05, 0.1) is 13.1 Å². The minimum atomic E-state index is -0.0419. The minimum absolute atomic E-state index is 0.0419. The second kappa shape index (κ2) is 5.81. The second-order valence-corrected chi connectivity index (χ2v) is 4.20. The lowest BCUT2D eigenvalue weighted by molar-refractivity contribution is -0.139. The summed E-state index contributed by atoms with van der Waals surface area (Å²) in [6.45, 7) is 2.87. The fourth-order valence-electron chi connectivity index (χ4n) is 1.70. The summed E-state index contributed by atoms with van der Waals surface area (Å²) >= 11 is 0. The smallest absolute Gasteiger partial charge is 0.236 e. The van der Waals surface area contributed by atoms with E-state index in [9.17, 15) is 9.59 Å². The molecule has 0 bridgehead atoms. The largest absolute Gasteiger partial charge is 0.338 e. The Morgan fingerprint density at radius 2 is 1.50 bits per heavy atom. The Morgan fingerprint density at radius 1 is 1.06 bits per heavy atom. The lowest BCUT2D eigenvalue weighted by atomic mass is 10.3. The number of carbonyl (C=O) groups is 2. The molecule has 6 heteroatoms. The maximum Gasteiger partial charge on any atom is 0.236 e. The monoisotopic (exact) mass is 228 g/mol. The first-order valence-electron chi connectivity index (χ1n) is 5.45. The van der Waals surface area contributed by atoms with Gasteiger partial charge in [-0.1, -0.05) is 0 Å². The third-order valence-corrected chi connectivity index (χ3v) is 2.61. The molecule has 0 unspecified atom stereocenters. The zero-order chi connectivity index (χ0) is 12.1. The van der Waals surface area contributed by atoms with Crippen LogP contribution in [0.25, 0.3) is 0 Å². The number of nitrogens with zero attached hydrogens (tertiary/aromatic N) is 3. The predicted octanol–water partition coefficient (Wildman–Crippen LogP) is -1.82. The zero-order valence-electron chi connectivity index (χ0n) is 9.98. The Bertz CT molecular complexity index is 260. The van der Waals surface area contributed by atoms with E-state index >= 15 is 0 Å². The van der Waals surface area contributed by atoms with Crippen molar-refractivity contribution in [2.24, 2.45) is 5.73 Å². The normalized spacial score (nSPS) is 16.8. The van der Waals surface area contributed by atoms with E-state index in [0.29, 0.717) is 32.7 Å². The molecule has 0 aliphatic carbocycles. The highest BCUT2D eigenvalue weighted by Crippen LogP contribution is 2.02. The summed E-state index contributed by atoms with van der Waals surface area (Å²) in [5.74, 6) is 0.0737. The molecule has 92 valence electrons. The van der Waals surface area contributed by atoms with Gasteiger partial charge in [0, 0.05) is 26.2 Å². The van der Waals surface area contributed by atoms with Crippen LogP contribution in [0.2, 0.25) is 0 Å². The molecule has 1 aliphatic rings. The Morgan fingerprint density at radius 3 is 1.88 bits per heavy atom. The molecule has 1 aliphatic heterocycles. The van der Waals surface area contributed by atoms with Gasteiger partial charge in [-0.25, -0.2) is 0 Å². The van der Waals surface area contributed by atoms with Gasteiger partial charge in [0.2, 0.25) is 11.8 Å². The zero-order valence-corrected chi connectivity index (χ0v) is 9.98. The summed E-state index contributed by atoms with van der Waals surface area (Å²) in [7, 11) is 3.73. The minimum Gasteiger partial charge on any atom is -0.338 e. The van der Waals surface area contributed by atoms with E-state index in [1.165, 1.54) is 0 Å². The third-order valence-electron chi connectivity index (χ3n) is 2.61. The van der Waals surface area contributed by atoms with Crippen LogP contribution in [0.3, 0.4) is 0 Å². The maximum absolute atomic E-state index is 11.7. The summed E-state index contributed by atoms with van der Waals surface area (Å²) in [4.78, 5) is 28.4. The molecule has 0 atom stereocenters. The number of amides is 2. The molecule has 0 spiro atoms. The molecule has 1 fully saturated rings. The summed E-state index contributed by atoms with van der Waals surface area (Å²) in [5.41, 5.74) is 5.28. The van der Waals surface area contributed by atoms with Crippen molar-refractivity contribution in [1.82, 2.24) is 14.7 Å². The fraction of sp³-hybridized carbons (Fsp3) is 0.800. The molecule has 6 nitrogen and oxygen atoms in total. The van der Waals surface area contributed by atoms with Crippen LogP contribution in [-0.4, -0.2) is 79.9 Å². The highest BCUT2D eigenvalue weighted by atomic mass is 16.2. The average Bonchev–Trinajstić information content (AvgIpc) is 2.27. The Hall–Kier alpha value is -1.14. The van der Waals surface area contributed by atoms with Crippen molar-refractivity contribution >= 4 is 11.8 Å². The van der Waals surface area contributed by atoms with Gasteiger partial charge in [-0.05, 0) is 14.1 Å². The Kier molecular flexibility index (Phi) is 4.70. The Balaban J connectivity index is 2.37. The van der Waals surface area contributed by atoms with E-state index in [0.717, 1.165) is 0 Å². The molecule has 1 heterocycles. The van der Waals surface area contributed by atoms with Gasteiger partial charge < -0.3 is 20.4 Å². The van der Waals surface area contributed by atoms with E-state index in [-0.39, 0.29) is 18.4 Å². The SMILES string of the molecule is CN(C)CC(=O)N1CCN(C(=O)CN)CC1. The second-order valence-electron chi connectivity index (χ2n) is 4.20. The van der Waals surface area contributed by atoms with Crippen LogP contribution >= 0.6 is 0 Å². The number of nitrogens with two attached hydrogens (primary N) is 1. The number of hydrogen-bond acceptors (Lipinski definition) is 4.